The van der Waals surface area contributed by atoms with Crippen LogP contribution in [0.4, 0.5) is 0 Å². The molecule has 0 fully saturated rings. The van der Waals surface area contributed by atoms with Crippen molar-refractivity contribution < 1.29 is 4.79 Å². The van der Waals surface area contributed by atoms with Crippen LogP contribution in [0.25, 0.3) is 0 Å². The molecule has 0 aliphatic heterocycles. The minimum atomic E-state index is 0.1000. The number of aromatic nitrogens is 2. The van der Waals surface area contributed by atoms with E-state index in [1.54, 1.807) is 24.3 Å². The molecule has 4 nitrogen and oxygen atoms in total. The summed E-state index contributed by atoms with van der Waals surface area (Å²) in [6.07, 6.45) is 4.76. The van der Waals surface area contributed by atoms with Crippen LogP contribution in [0, 0.1) is 0 Å². The maximum atomic E-state index is 11.6. The van der Waals surface area contributed by atoms with E-state index in [1.807, 2.05) is 18.2 Å². The lowest BCUT2D eigenvalue weighted by atomic mass is 10.3. The van der Waals surface area contributed by atoms with E-state index in [1.165, 1.54) is 4.90 Å². The molecule has 0 aliphatic rings. The topological polar surface area (TPSA) is 57.8 Å². The highest BCUT2D eigenvalue weighted by molar-refractivity contribution is 7.99. The quantitative estimate of drug-likeness (QED) is 0.762. The molecule has 1 aromatic heterocycles. The number of thioether (sulfide) groups is 1. The number of carbonyl (C=O) groups is 1. The molecule has 2 rings (SSSR count). The second-order valence-corrected chi connectivity index (χ2v) is 5.26. The van der Waals surface area contributed by atoms with Crippen molar-refractivity contribution in [3.05, 3.63) is 48.5 Å². The SMILES string of the molecule is O=C(CCSc1ccccc1)NCCc1cnc[nH]1. The zero-order valence-corrected chi connectivity index (χ0v) is 11.5. The van der Waals surface area contributed by atoms with Crippen molar-refractivity contribution in [3.8, 4) is 0 Å². The van der Waals surface area contributed by atoms with E-state index in [2.05, 4.69) is 27.4 Å². The van der Waals surface area contributed by atoms with Crippen molar-refractivity contribution in [1.29, 1.82) is 0 Å². The van der Waals surface area contributed by atoms with E-state index in [-0.39, 0.29) is 5.91 Å². The van der Waals surface area contributed by atoms with Crippen LogP contribution in [0.15, 0.2) is 47.8 Å². The average Bonchev–Trinajstić information content (AvgIpc) is 2.93. The molecule has 2 aromatic rings. The number of rotatable bonds is 7. The highest BCUT2D eigenvalue weighted by Gasteiger charge is 2.02. The molecule has 1 amide bonds. The molecule has 1 aromatic carbocycles. The first-order valence-corrected chi connectivity index (χ1v) is 7.25. The Morgan fingerprint density at radius 3 is 2.89 bits per heavy atom. The summed E-state index contributed by atoms with van der Waals surface area (Å²) in [5, 5.41) is 2.91. The Kier molecular flexibility index (Phi) is 5.49. The maximum absolute atomic E-state index is 11.6. The molecule has 0 spiro atoms. The lowest BCUT2D eigenvalue weighted by Crippen LogP contribution is -2.25. The molecular formula is C14H17N3OS. The lowest BCUT2D eigenvalue weighted by Gasteiger charge is -2.04. The summed E-state index contributed by atoms with van der Waals surface area (Å²) in [6, 6.07) is 10.1. The first kappa shape index (κ1) is 13.7. The van der Waals surface area contributed by atoms with Crippen molar-refractivity contribution in [2.45, 2.75) is 17.7 Å². The van der Waals surface area contributed by atoms with Crippen LogP contribution in [0.3, 0.4) is 0 Å². The Morgan fingerprint density at radius 1 is 1.32 bits per heavy atom. The van der Waals surface area contributed by atoms with Gasteiger partial charge in [-0.2, -0.15) is 0 Å². The smallest absolute Gasteiger partial charge is 0.220 e. The normalized spacial score (nSPS) is 10.3. The average molecular weight is 275 g/mol. The Bertz CT molecular complexity index is 485. The Labute approximate surface area is 117 Å². The molecule has 100 valence electrons. The number of hydrogen-bond acceptors (Lipinski definition) is 3. The summed E-state index contributed by atoms with van der Waals surface area (Å²) in [5.74, 6) is 0.905. The van der Waals surface area contributed by atoms with Crippen molar-refractivity contribution in [2.24, 2.45) is 0 Å². The number of amides is 1. The summed E-state index contributed by atoms with van der Waals surface area (Å²) in [7, 11) is 0. The zero-order chi connectivity index (χ0) is 13.3. The van der Waals surface area contributed by atoms with Gasteiger partial charge in [0, 0.05) is 41.9 Å². The number of nitrogens with one attached hydrogen (secondary N) is 2. The van der Waals surface area contributed by atoms with E-state index in [9.17, 15) is 4.79 Å². The molecule has 0 saturated carbocycles. The molecule has 2 N–H and O–H groups in total. The van der Waals surface area contributed by atoms with Gasteiger partial charge in [-0.25, -0.2) is 4.98 Å². The van der Waals surface area contributed by atoms with Crippen LogP contribution < -0.4 is 5.32 Å². The van der Waals surface area contributed by atoms with Crippen LogP contribution >= 0.6 is 11.8 Å². The van der Waals surface area contributed by atoms with Crippen LogP contribution in [0.5, 0.6) is 0 Å². The van der Waals surface area contributed by atoms with Gasteiger partial charge in [-0.3, -0.25) is 4.79 Å². The third-order valence-electron chi connectivity index (χ3n) is 2.61. The van der Waals surface area contributed by atoms with E-state index in [4.69, 9.17) is 0 Å². The van der Waals surface area contributed by atoms with Gasteiger partial charge < -0.3 is 10.3 Å². The van der Waals surface area contributed by atoms with E-state index in [0.717, 1.165) is 17.9 Å². The molecule has 19 heavy (non-hydrogen) atoms. The molecule has 0 unspecified atom stereocenters. The molecule has 0 bridgehead atoms. The predicted molar refractivity (Wildman–Crippen MR) is 77.1 cm³/mol. The van der Waals surface area contributed by atoms with Gasteiger partial charge in [-0.05, 0) is 12.1 Å². The van der Waals surface area contributed by atoms with Crippen LogP contribution in [0.1, 0.15) is 12.1 Å². The van der Waals surface area contributed by atoms with Gasteiger partial charge in [0.1, 0.15) is 0 Å². The summed E-state index contributed by atoms with van der Waals surface area (Å²) >= 11 is 1.70. The number of hydrogen-bond donors (Lipinski definition) is 2. The summed E-state index contributed by atoms with van der Waals surface area (Å²) in [5.41, 5.74) is 1.04. The van der Waals surface area contributed by atoms with Gasteiger partial charge in [0.2, 0.25) is 5.91 Å². The molecule has 1 heterocycles. The minimum absolute atomic E-state index is 0.1000. The first-order chi connectivity index (χ1) is 9.34. The summed E-state index contributed by atoms with van der Waals surface area (Å²) < 4.78 is 0. The van der Waals surface area contributed by atoms with Gasteiger partial charge in [0.25, 0.3) is 0 Å². The molecule has 0 atom stereocenters. The second-order valence-electron chi connectivity index (χ2n) is 4.09. The number of H-pyrrole nitrogens is 1. The number of benzene rings is 1. The fourth-order valence-electron chi connectivity index (χ4n) is 1.62. The monoisotopic (exact) mass is 275 g/mol. The summed E-state index contributed by atoms with van der Waals surface area (Å²) in [6.45, 7) is 0.650. The van der Waals surface area contributed by atoms with Crippen LogP contribution in [0.2, 0.25) is 0 Å². The second kappa shape index (κ2) is 7.63. The molecule has 0 aliphatic carbocycles. The minimum Gasteiger partial charge on any atom is -0.356 e. The highest BCUT2D eigenvalue weighted by atomic mass is 32.2. The summed E-state index contributed by atoms with van der Waals surface area (Å²) in [4.78, 5) is 19.8. The number of aromatic amines is 1. The number of imidazole rings is 1. The van der Waals surface area contributed by atoms with Crippen LogP contribution in [-0.4, -0.2) is 28.2 Å². The van der Waals surface area contributed by atoms with E-state index in [0.29, 0.717) is 13.0 Å². The zero-order valence-electron chi connectivity index (χ0n) is 10.6. The van der Waals surface area contributed by atoms with Crippen molar-refractivity contribution >= 4 is 17.7 Å². The highest BCUT2D eigenvalue weighted by Crippen LogP contribution is 2.17. The van der Waals surface area contributed by atoms with E-state index >= 15 is 0 Å². The van der Waals surface area contributed by atoms with Crippen molar-refractivity contribution in [3.63, 3.8) is 0 Å². The maximum Gasteiger partial charge on any atom is 0.220 e. The molecule has 5 heteroatoms. The van der Waals surface area contributed by atoms with Crippen molar-refractivity contribution in [2.75, 3.05) is 12.3 Å². The van der Waals surface area contributed by atoms with Gasteiger partial charge in [0.15, 0.2) is 0 Å². The fourth-order valence-corrected chi connectivity index (χ4v) is 2.50. The molecular weight excluding hydrogens is 258 g/mol. The predicted octanol–water partition coefficient (Wildman–Crippen LogP) is 2.25. The Balaban J connectivity index is 1.57. The van der Waals surface area contributed by atoms with Gasteiger partial charge in [-0.1, -0.05) is 18.2 Å². The van der Waals surface area contributed by atoms with Gasteiger partial charge in [0.05, 0.1) is 6.33 Å². The first-order valence-electron chi connectivity index (χ1n) is 6.26. The lowest BCUT2D eigenvalue weighted by molar-refractivity contribution is -0.120. The standard InChI is InChI=1S/C14H17N3OS/c18-14(16-8-6-12-10-15-11-17-12)7-9-19-13-4-2-1-3-5-13/h1-5,10-11H,6-9H2,(H,15,17)(H,16,18). The third kappa shape index (κ3) is 5.18. The van der Waals surface area contributed by atoms with Crippen LogP contribution in [-0.2, 0) is 11.2 Å². The number of nitrogens with zero attached hydrogens (tertiary/aromatic N) is 1. The van der Waals surface area contributed by atoms with Crippen molar-refractivity contribution in [1.82, 2.24) is 15.3 Å². The van der Waals surface area contributed by atoms with Gasteiger partial charge in [-0.15, -0.1) is 11.8 Å². The Hall–Kier alpha value is -1.75. The molecule has 0 radical (unpaired) electrons. The largest absolute Gasteiger partial charge is 0.356 e. The molecule has 0 saturated heterocycles. The van der Waals surface area contributed by atoms with E-state index < -0.39 is 0 Å². The third-order valence-corrected chi connectivity index (χ3v) is 3.63. The Morgan fingerprint density at radius 2 is 2.16 bits per heavy atom. The van der Waals surface area contributed by atoms with Gasteiger partial charge >= 0.3 is 0 Å². The number of carbonyl (C=O) groups excluding carboxylic acids is 1. The fraction of sp³-hybridized carbons (Fsp3) is 0.286.